The molecule has 2 rings (SSSR count). The van der Waals surface area contributed by atoms with Crippen LogP contribution in [0.4, 0.5) is 0 Å². The summed E-state index contributed by atoms with van der Waals surface area (Å²) in [5.74, 6) is 1.22. The molecule has 6 nitrogen and oxygen atoms in total. The van der Waals surface area contributed by atoms with Crippen molar-refractivity contribution in [3.8, 4) is 11.5 Å². The van der Waals surface area contributed by atoms with Crippen molar-refractivity contribution in [2.24, 2.45) is 0 Å². The first-order valence-corrected chi connectivity index (χ1v) is 11.0. The number of ether oxygens (including phenoxy) is 2. The standard InChI is InChI=1S/C24H39N3O3/c1-18(2)7-8-19(3)27-14-11-21(12-15-27)30-23-17-20(9-10-22(23)29-6)24(28)25-13-16-26(4)5/h9-10,17,19,21H,1,7-8,11-16H2,2-6H3,(H,25,28)/t19-/m1/s1. The van der Waals surface area contributed by atoms with E-state index < -0.39 is 0 Å². The molecule has 1 fully saturated rings. The summed E-state index contributed by atoms with van der Waals surface area (Å²) >= 11 is 0. The summed E-state index contributed by atoms with van der Waals surface area (Å²) < 4.78 is 11.7. The molecule has 30 heavy (non-hydrogen) atoms. The number of allylic oxidation sites excluding steroid dienone is 1. The van der Waals surface area contributed by atoms with Crippen LogP contribution in [0, 0.1) is 0 Å². The Kier molecular flexibility index (Phi) is 9.66. The van der Waals surface area contributed by atoms with Gasteiger partial charge in [-0.1, -0.05) is 5.57 Å². The van der Waals surface area contributed by atoms with Gasteiger partial charge in [0.15, 0.2) is 11.5 Å². The lowest BCUT2D eigenvalue weighted by atomic mass is 10.0. The van der Waals surface area contributed by atoms with Gasteiger partial charge in [-0.05, 0) is 71.8 Å². The lowest BCUT2D eigenvalue weighted by molar-refractivity contribution is 0.0755. The van der Waals surface area contributed by atoms with Gasteiger partial charge < -0.3 is 24.6 Å². The van der Waals surface area contributed by atoms with Crippen LogP contribution in [-0.4, -0.2) is 75.2 Å². The Morgan fingerprint density at radius 3 is 2.60 bits per heavy atom. The maximum absolute atomic E-state index is 12.5. The first-order chi connectivity index (χ1) is 14.3. The molecular weight excluding hydrogens is 378 g/mol. The van der Waals surface area contributed by atoms with Crippen LogP contribution in [0.25, 0.3) is 0 Å². The molecule has 0 unspecified atom stereocenters. The Balaban J connectivity index is 1.92. The number of carbonyl (C=O) groups excluding carboxylic acids is 1. The highest BCUT2D eigenvalue weighted by Crippen LogP contribution is 2.31. The summed E-state index contributed by atoms with van der Waals surface area (Å²) in [6.07, 6.45) is 4.31. The maximum Gasteiger partial charge on any atom is 0.251 e. The van der Waals surface area contributed by atoms with Crippen molar-refractivity contribution in [1.82, 2.24) is 15.1 Å². The van der Waals surface area contributed by atoms with Crippen LogP contribution in [-0.2, 0) is 0 Å². The third-order valence-electron chi connectivity index (χ3n) is 5.65. The summed E-state index contributed by atoms with van der Waals surface area (Å²) in [4.78, 5) is 17.0. The predicted molar refractivity (Wildman–Crippen MR) is 123 cm³/mol. The first-order valence-electron chi connectivity index (χ1n) is 11.0. The monoisotopic (exact) mass is 417 g/mol. The number of nitrogens with zero attached hydrogens (tertiary/aromatic N) is 2. The Hall–Kier alpha value is -2.05. The Morgan fingerprint density at radius 2 is 2.00 bits per heavy atom. The number of hydrogen-bond acceptors (Lipinski definition) is 5. The minimum atomic E-state index is -0.0921. The molecule has 1 aliphatic heterocycles. The van der Waals surface area contributed by atoms with Crippen LogP contribution in [0.2, 0.25) is 0 Å². The van der Waals surface area contributed by atoms with Crippen molar-refractivity contribution >= 4 is 5.91 Å². The van der Waals surface area contributed by atoms with Gasteiger partial charge in [0.25, 0.3) is 5.91 Å². The number of nitrogens with one attached hydrogen (secondary N) is 1. The van der Waals surface area contributed by atoms with Crippen molar-refractivity contribution in [2.75, 3.05) is 47.4 Å². The van der Waals surface area contributed by atoms with Crippen LogP contribution in [0.15, 0.2) is 30.4 Å². The maximum atomic E-state index is 12.5. The van der Waals surface area contributed by atoms with E-state index in [-0.39, 0.29) is 12.0 Å². The number of benzene rings is 1. The smallest absolute Gasteiger partial charge is 0.251 e. The molecule has 1 aliphatic rings. The van der Waals surface area contributed by atoms with E-state index in [9.17, 15) is 4.79 Å². The molecule has 0 radical (unpaired) electrons. The second-order valence-corrected chi connectivity index (χ2v) is 8.62. The molecule has 1 atom stereocenters. The van der Waals surface area contributed by atoms with Crippen molar-refractivity contribution in [3.63, 3.8) is 0 Å². The summed E-state index contributed by atoms with van der Waals surface area (Å²) in [5.41, 5.74) is 1.84. The fraction of sp³-hybridized carbons (Fsp3) is 0.625. The number of hydrogen-bond donors (Lipinski definition) is 1. The van der Waals surface area contributed by atoms with Gasteiger partial charge >= 0.3 is 0 Å². The number of rotatable bonds is 11. The number of carbonyl (C=O) groups is 1. The Bertz CT molecular complexity index is 697. The van der Waals surface area contributed by atoms with Crippen molar-refractivity contribution in [1.29, 1.82) is 0 Å². The van der Waals surface area contributed by atoms with Gasteiger partial charge in [-0.25, -0.2) is 0 Å². The molecule has 1 heterocycles. The summed E-state index contributed by atoms with van der Waals surface area (Å²) in [6.45, 7) is 11.9. The third-order valence-corrected chi connectivity index (χ3v) is 5.65. The first kappa shape index (κ1) is 24.2. The fourth-order valence-electron chi connectivity index (χ4n) is 3.66. The highest BCUT2D eigenvalue weighted by molar-refractivity contribution is 5.94. The van der Waals surface area contributed by atoms with Crippen molar-refractivity contribution < 1.29 is 14.3 Å². The normalized spacial score (nSPS) is 16.3. The van der Waals surface area contributed by atoms with E-state index in [2.05, 4.69) is 30.6 Å². The van der Waals surface area contributed by atoms with Crippen molar-refractivity contribution in [2.45, 2.75) is 51.7 Å². The molecule has 1 amide bonds. The molecule has 1 aromatic rings. The zero-order chi connectivity index (χ0) is 22.1. The minimum absolute atomic E-state index is 0.0921. The lowest BCUT2D eigenvalue weighted by Gasteiger charge is -2.36. The molecule has 1 aromatic carbocycles. The molecular formula is C24H39N3O3. The average Bonchev–Trinajstić information content (AvgIpc) is 2.72. The Morgan fingerprint density at radius 1 is 1.30 bits per heavy atom. The third kappa shape index (κ3) is 7.65. The minimum Gasteiger partial charge on any atom is -0.493 e. The Labute approximate surface area is 182 Å². The van der Waals surface area contributed by atoms with E-state index in [1.807, 2.05) is 25.1 Å². The molecule has 168 valence electrons. The van der Waals surface area contributed by atoms with E-state index in [1.165, 1.54) is 5.57 Å². The van der Waals surface area contributed by atoms with Crippen LogP contribution in [0.1, 0.15) is 49.9 Å². The molecule has 0 bridgehead atoms. The second kappa shape index (κ2) is 12.0. The van der Waals surface area contributed by atoms with Crippen LogP contribution >= 0.6 is 0 Å². The molecule has 1 N–H and O–H groups in total. The molecule has 6 heteroatoms. The van der Waals surface area contributed by atoms with E-state index in [0.717, 1.165) is 45.3 Å². The number of methoxy groups -OCH3 is 1. The van der Waals surface area contributed by atoms with Gasteiger partial charge in [0.05, 0.1) is 7.11 Å². The highest BCUT2D eigenvalue weighted by Gasteiger charge is 2.25. The summed E-state index contributed by atoms with van der Waals surface area (Å²) in [7, 11) is 5.60. The molecule has 1 saturated heterocycles. The molecule has 0 aliphatic carbocycles. The van der Waals surface area contributed by atoms with E-state index in [4.69, 9.17) is 9.47 Å². The molecule has 0 saturated carbocycles. The topological polar surface area (TPSA) is 54.0 Å². The number of piperidine rings is 1. The predicted octanol–water partition coefficient (Wildman–Crippen LogP) is 3.57. The SMILES string of the molecule is C=C(C)CC[C@@H](C)N1CCC(Oc2cc(C(=O)NCCN(C)C)ccc2OC)CC1. The van der Waals surface area contributed by atoms with Gasteiger partial charge in [-0.3, -0.25) is 4.79 Å². The molecule has 0 spiro atoms. The van der Waals surface area contributed by atoms with Gasteiger partial charge in [-0.2, -0.15) is 0 Å². The summed E-state index contributed by atoms with van der Waals surface area (Å²) in [5, 5.41) is 2.95. The summed E-state index contributed by atoms with van der Waals surface area (Å²) in [6, 6.07) is 5.95. The van der Waals surface area contributed by atoms with E-state index in [1.54, 1.807) is 19.2 Å². The van der Waals surface area contributed by atoms with Crippen LogP contribution in [0.3, 0.4) is 0 Å². The fourth-order valence-corrected chi connectivity index (χ4v) is 3.66. The van der Waals surface area contributed by atoms with Gasteiger partial charge in [0.2, 0.25) is 0 Å². The zero-order valence-electron chi connectivity index (χ0n) is 19.4. The van der Waals surface area contributed by atoms with Crippen LogP contribution in [0.5, 0.6) is 11.5 Å². The number of likely N-dealkylation sites (N-methyl/N-ethyl adjacent to an activating group) is 1. The average molecular weight is 418 g/mol. The van der Waals surface area contributed by atoms with Gasteiger partial charge in [0, 0.05) is 37.8 Å². The number of likely N-dealkylation sites (tertiary alicyclic amines) is 1. The van der Waals surface area contributed by atoms with Crippen molar-refractivity contribution in [3.05, 3.63) is 35.9 Å². The lowest BCUT2D eigenvalue weighted by Crippen LogP contribution is -2.43. The largest absolute Gasteiger partial charge is 0.493 e. The zero-order valence-corrected chi connectivity index (χ0v) is 19.4. The number of amides is 1. The van der Waals surface area contributed by atoms with E-state index >= 15 is 0 Å². The van der Waals surface area contributed by atoms with Gasteiger partial charge in [-0.15, -0.1) is 6.58 Å². The van der Waals surface area contributed by atoms with Crippen LogP contribution < -0.4 is 14.8 Å². The highest BCUT2D eigenvalue weighted by atomic mass is 16.5. The van der Waals surface area contributed by atoms with Gasteiger partial charge in [0.1, 0.15) is 6.10 Å². The molecule has 0 aromatic heterocycles. The quantitative estimate of drug-likeness (QED) is 0.558. The van der Waals surface area contributed by atoms with E-state index in [0.29, 0.717) is 29.6 Å². The second-order valence-electron chi connectivity index (χ2n) is 8.62.